The number of carbonyl (C=O) groups is 2. The average molecular weight is 525 g/mol. The van der Waals surface area contributed by atoms with Crippen LogP contribution in [0.3, 0.4) is 0 Å². The fourth-order valence-corrected chi connectivity index (χ4v) is 5.07. The first-order valence-electron chi connectivity index (χ1n) is 12.3. The van der Waals surface area contributed by atoms with Gasteiger partial charge in [0.05, 0.1) is 34.7 Å². The van der Waals surface area contributed by atoms with E-state index in [2.05, 4.69) is 10.6 Å². The summed E-state index contributed by atoms with van der Waals surface area (Å²) in [4.78, 5) is 42.9. The van der Waals surface area contributed by atoms with Crippen molar-refractivity contribution in [2.24, 2.45) is 0 Å². The number of nitrogens with zero attached hydrogens (tertiary/aromatic N) is 2. The van der Waals surface area contributed by atoms with Crippen molar-refractivity contribution in [2.75, 3.05) is 12.4 Å². The number of cyclic esters (lactones) is 1. The molecule has 2 aliphatic heterocycles. The molecule has 0 unspecified atom stereocenters. The fourth-order valence-electron chi connectivity index (χ4n) is 5.07. The number of hydrogen-bond acceptors (Lipinski definition) is 8. The van der Waals surface area contributed by atoms with Crippen LogP contribution in [0.15, 0.2) is 23.0 Å². The van der Waals surface area contributed by atoms with Crippen molar-refractivity contribution < 1.29 is 28.6 Å². The molecular weight excluding hydrogens is 495 g/mol. The summed E-state index contributed by atoms with van der Waals surface area (Å²) in [5, 5.41) is 17.3. The number of aromatic nitrogens is 2. The number of halogens is 1. The maximum Gasteiger partial charge on any atom is 0.412 e. The lowest BCUT2D eigenvalue weighted by atomic mass is 9.86. The number of nitrogens with one attached hydrogen (secondary N) is 2. The molecule has 3 aromatic rings. The molecule has 2 aromatic heterocycles. The number of hydrogen-bond donors (Lipinski definition) is 3. The molecular formula is C27H29FN4O6. The molecule has 3 N–H and O–H groups in total. The first kappa shape index (κ1) is 25.8. The Labute approximate surface area is 217 Å². The molecule has 11 heteroatoms. The standard InChI is InChI=1S/C27H29FN4O6/c1-6-27(36)17-8-21-22-15(11-32(21)23(33)16(17)12-37-24(27)34)14(10-29-5)13-7-20(18(28)9-19(13)30-22)31-25(35)38-26(2,3)4/h7-9,29,36H,6,10-12H2,1-5H3,(H,31,35)/t27-/m0/s1. The van der Waals surface area contributed by atoms with E-state index in [4.69, 9.17) is 14.5 Å². The number of amides is 1. The lowest BCUT2D eigenvalue weighted by molar-refractivity contribution is -0.172. The summed E-state index contributed by atoms with van der Waals surface area (Å²) in [6.45, 7) is 7.11. The van der Waals surface area contributed by atoms with Gasteiger partial charge in [-0.1, -0.05) is 6.92 Å². The molecule has 0 saturated heterocycles. The summed E-state index contributed by atoms with van der Waals surface area (Å²) < 4.78 is 27.0. The van der Waals surface area contributed by atoms with Crippen LogP contribution in [0.1, 0.15) is 56.4 Å². The van der Waals surface area contributed by atoms with E-state index in [0.29, 0.717) is 28.8 Å². The Hall–Kier alpha value is -3.83. The number of fused-ring (bicyclic) bond motifs is 5. The maximum atomic E-state index is 15.1. The van der Waals surface area contributed by atoms with Crippen LogP contribution in [0, 0.1) is 5.82 Å². The second-order valence-electron chi connectivity index (χ2n) is 10.5. The molecule has 0 radical (unpaired) electrons. The highest BCUT2D eigenvalue weighted by Crippen LogP contribution is 2.40. The Kier molecular flexibility index (Phi) is 6.03. The largest absolute Gasteiger partial charge is 0.458 e. The zero-order valence-corrected chi connectivity index (χ0v) is 21.8. The number of carbonyl (C=O) groups excluding carboxylic acids is 2. The van der Waals surface area contributed by atoms with E-state index in [1.165, 1.54) is 16.7 Å². The van der Waals surface area contributed by atoms with Crippen molar-refractivity contribution in [1.82, 2.24) is 14.9 Å². The van der Waals surface area contributed by atoms with Gasteiger partial charge in [0.2, 0.25) is 0 Å². The number of anilines is 1. The number of rotatable bonds is 4. The van der Waals surface area contributed by atoms with Crippen LogP contribution in [-0.4, -0.2) is 39.4 Å². The van der Waals surface area contributed by atoms with Crippen molar-refractivity contribution in [3.05, 3.63) is 56.6 Å². The van der Waals surface area contributed by atoms with Gasteiger partial charge >= 0.3 is 12.1 Å². The number of esters is 1. The highest BCUT2D eigenvalue weighted by atomic mass is 19.1. The van der Waals surface area contributed by atoms with Crippen molar-refractivity contribution in [3.8, 4) is 11.4 Å². The smallest absolute Gasteiger partial charge is 0.412 e. The Morgan fingerprint density at radius 2 is 2.00 bits per heavy atom. The minimum Gasteiger partial charge on any atom is -0.458 e. The van der Waals surface area contributed by atoms with Crippen LogP contribution in [-0.2, 0) is 39.6 Å². The van der Waals surface area contributed by atoms with Crippen LogP contribution < -0.4 is 16.2 Å². The number of ether oxygens (including phenoxy) is 2. The fraction of sp³-hybridized carbons (Fsp3) is 0.407. The Balaban J connectivity index is 1.69. The van der Waals surface area contributed by atoms with Gasteiger partial charge in [-0.15, -0.1) is 0 Å². The second kappa shape index (κ2) is 8.88. The third-order valence-corrected chi connectivity index (χ3v) is 6.88. The summed E-state index contributed by atoms with van der Waals surface area (Å²) in [7, 11) is 1.76. The summed E-state index contributed by atoms with van der Waals surface area (Å²) >= 11 is 0. The summed E-state index contributed by atoms with van der Waals surface area (Å²) in [6.07, 6.45) is -0.756. The highest BCUT2D eigenvalue weighted by Gasteiger charge is 2.45. The SMILES string of the molecule is CC[C@@]1(O)C(=O)OCc2c1cc1n(c2=O)Cc2c-1nc1cc(F)c(NC(=O)OC(C)(C)C)cc1c2CNC. The lowest BCUT2D eigenvalue weighted by Crippen LogP contribution is -2.44. The van der Waals surface area contributed by atoms with Crippen LogP contribution >= 0.6 is 0 Å². The number of benzene rings is 1. The Morgan fingerprint density at radius 3 is 2.66 bits per heavy atom. The zero-order chi connectivity index (χ0) is 27.6. The first-order valence-corrected chi connectivity index (χ1v) is 12.3. The second-order valence-corrected chi connectivity index (χ2v) is 10.5. The highest BCUT2D eigenvalue weighted by molar-refractivity contribution is 5.94. The van der Waals surface area contributed by atoms with E-state index in [1.54, 1.807) is 40.8 Å². The first-order chi connectivity index (χ1) is 17.9. The molecule has 2 aliphatic rings. The van der Waals surface area contributed by atoms with E-state index < -0.39 is 29.1 Å². The number of pyridine rings is 2. The molecule has 0 aliphatic carbocycles. The predicted octanol–water partition coefficient (Wildman–Crippen LogP) is 3.29. The molecule has 0 saturated carbocycles. The van der Waals surface area contributed by atoms with Crippen molar-refractivity contribution >= 4 is 28.7 Å². The quantitative estimate of drug-likeness (QED) is 0.347. The van der Waals surface area contributed by atoms with Gasteiger partial charge in [0.15, 0.2) is 5.60 Å². The van der Waals surface area contributed by atoms with E-state index in [-0.39, 0.29) is 41.9 Å². The van der Waals surface area contributed by atoms with Crippen molar-refractivity contribution in [1.29, 1.82) is 0 Å². The zero-order valence-electron chi connectivity index (χ0n) is 21.8. The molecule has 1 aromatic carbocycles. The molecule has 4 heterocycles. The van der Waals surface area contributed by atoms with Crippen molar-refractivity contribution in [3.63, 3.8) is 0 Å². The van der Waals surface area contributed by atoms with E-state index in [1.807, 2.05) is 0 Å². The molecule has 0 bridgehead atoms. The predicted molar refractivity (Wildman–Crippen MR) is 137 cm³/mol. The summed E-state index contributed by atoms with van der Waals surface area (Å²) in [5.41, 5.74) is 0.0375. The van der Waals surface area contributed by atoms with E-state index in [0.717, 1.165) is 11.1 Å². The van der Waals surface area contributed by atoms with E-state index in [9.17, 15) is 19.5 Å². The minimum absolute atomic E-state index is 0.0311. The number of aliphatic hydroxyl groups is 1. The summed E-state index contributed by atoms with van der Waals surface area (Å²) in [5.74, 6) is -1.50. The van der Waals surface area contributed by atoms with Gasteiger partial charge in [0, 0.05) is 29.1 Å². The van der Waals surface area contributed by atoms with Gasteiger partial charge < -0.3 is 24.5 Å². The van der Waals surface area contributed by atoms with Gasteiger partial charge in [-0.05, 0) is 51.9 Å². The van der Waals surface area contributed by atoms with E-state index >= 15 is 4.39 Å². The molecule has 0 fully saturated rings. The molecule has 10 nitrogen and oxygen atoms in total. The summed E-state index contributed by atoms with van der Waals surface area (Å²) in [6, 6.07) is 4.34. The van der Waals surface area contributed by atoms with Crippen LogP contribution in [0.5, 0.6) is 0 Å². The molecule has 0 spiro atoms. The third kappa shape index (κ3) is 4.02. The minimum atomic E-state index is -1.94. The molecule has 38 heavy (non-hydrogen) atoms. The molecule has 5 rings (SSSR count). The lowest BCUT2D eigenvalue weighted by Gasteiger charge is -2.31. The van der Waals surface area contributed by atoms with Gasteiger partial charge in [-0.2, -0.15) is 0 Å². The van der Waals surface area contributed by atoms with Crippen LogP contribution in [0.25, 0.3) is 22.3 Å². The third-order valence-electron chi connectivity index (χ3n) is 6.88. The normalized spacial score (nSPS) is 18.0. The maximum absolute atomic E-state index is 15.1. The molecule has 1 atom stereocenters. The van der Waals surface area contributed by atoms with Gasteiger partial charge in [-0.3, -0.25) is 10.1 Å². The van der Waals surface area contributed by atoms with Crippen molar-refractivity contribution in [2.45, 2.75) is 65.0 Å². The average Bonchev–Trinajstić information content (AvgIpc) is 3.20. The monoisotopic (exact) mass is 524 g/mol. The van der Waals surface area contributed by atoms with Gasteiger partial charge in [0.1, 0.15) is 18.0 Å². The molecule has 1 amide bonds. The van der Waals surface area contributed by atoms with Gasteiger partial charge in [-0.25, -0.2) is 19.0 Å². The van der Waals surface area contributed by atoms with Crippen LogP contribution in [0.2, 0.25) is 0 Å². The Morgan fingerprint density at radius 1 is 1.26 bits per heavy atom. The van der Waals surface area contributed by atoms with Gasteiger partial charge in [0.25, 0.3) is 5.56 Å². The topological polar surface area (TPSA) is 132 Å². The Bertz CT molecular complexity index is 1570. The van der Waals surface area contributed by atoms with Crippen LogP contribution in [0.4, 0.5) is 14.9 Å². The molecule has 200 valence electrons.